The molecule has 0 aliphatic carbocycles. The maximum Gasteiger partial charge on any atom is 0.0642 e. The molecule has 96 valence electrons. The zero-order chi connectivity index (χ0) is 12.7. The predicted octanol–water partition coefficient (Wildman–Crippen LogP) is -0.344. The van der Waals surface area contributed by atoms with Crippen molar-refractivity contribution in [3.05, 3.63) is 22.6 Å². The number of benzene rings is 1. The molecule has 1 aromatic carbocycles. The van der Waals surface area contributed by atoms with Gasteiger partial charge in [0.1, 0.15) is 0 Å². The maximum absolute atomic E-state index is 9.55. The van der Waals surface area contributed by atoms with E-state index in [2.05, 4.69) is 4.90 Å². The van der Waals surface area contributed by atoms with Gasteiger partial charge >= 0.3 is 0 Å². The van der Waals surface area contributed by atoms with Gasteiger partial charge in [0.05, 0.1) is 12.4 Å². The molecule has 3 rings (SSSR count). The van der Waals surface area contributed by atoms with Crippen molar-refractivity contribution in [2.75, 3.05) is 23.7 Å². The van der Waals surface area contributed by atoms with Crippen LogP contribution in [0, 0.1) is 0 Å². The molecule has 1 saturated heterocycles. The van der Waals surface area contributed by atoms with Gasteiger partial charge in [-0.25, -0.2) is 0 Å². The number of anilines is 2. The van der Waals surface area contributed by atoms with E-state index < -0.39 is 0 Å². The summed E-state index contributed by atoms with van der Waals surface area (Å²) in [6.07, 6.45) is 5.24. The molecule has 18 heavy (non-hydrogen) atoms. The van der Waals surface area contributed by atoms with Crippen LogP contribution in [0.5, 0.6) is 0 Å². The summed E-state index contributed by atoms with van der Waals surface area (Å²) in [5.74, 6) is 0. The fourth-order valence-corrected chi connectivity index (χ4v) is 2.50. The Hall–Kier alpha value is -1.92. The minimum absolute atomic E-state index is 0.580. The number of hydroxylamine groups is 2. The molecule has 0 amide bonds. The van der Waals surface area contributed by atoms with Gasteiger partial charge in [-0.2, -0.15) is 0 Å². The van der Waals surface area contributed by atoms with Gasteiger partial charge < -0.3 is 10.6 Å². The zero-order valence-corrected chi connectivity index (χ0v) is 9.95. The van der Waals surface area contributed by atoms with E-state index in [-0.39, 0.29) is 0 Å². The largest absolute Gasteiger partial charge is 0.398 e. The first kappa shape index (κ1) is 11.2. The van der Waals surface area contributed by atoms with Crippen molar-refractivity contribution in [1.29, 1.82) is 0 Å². The molecule has 4 N–H and O–H groups in total. The monoisotopic (exact) mass is 248 g/mol. The molecular weight excluding hydrogens is 232 g/mol. The fraction of sp³-hybridized carbons (Fsp3) is 0.333. The second-order valence-electron chi connectivity index (χ2n) is 4.59. The van der Waals surface area contributed by atoms with Crippen LogP contribution in [0.15, 0.2) is 12.1 Å². The quantitative estimate of drug-likeness (QED) is 0.590. The van der Waals surface area contributed by atoms with Crippen molar-refractivity contribution in [2.24, 2.45) is 0 Å². The van der Waals surface area contributed by atoms with Gasteiger partial charge in [-0.1, -0.05) is 0 Å². The van der Waals surface area contributed by atoms with Crippen LogP contribution in [-0.4, -0.2) is 33.8 Å². The topological polar surface area (TPSA) is 76.2 Å². The number of nitrogens with zero attached hydrogens (tertiary/aromatic N) is 3. The summed E-state index contributed by atoms with van der Waals surface area (Å²) in [6, 6.07) is 3.79. The van der Waals surface area contributed by atoms with E-state index >= 15 is 0 Å². The van der Waals surface area contributed by atoms with Crippen molar-refractivity contribution in [1.82, 2.24) is 10.3 Å². The van der Waals surface area contributed by atoms with E-state index in [9.17, 15) is 10.4 Å². The summed E-state index contributed by atoms with van der Waals surface area (Å²) in [6.45, 7) is 2.02. The highest BCUT2D eigenvalue weighted by molar-refractivity contribution is 5.60. The molecule has 0 bridgehead atoms. The van der Waals surface area contributed by atoms with Crippen molar-refractivity contribution in [3.8, 4) is 0 Å². The van der Waals surface area contributed by atoms with Crippen molar-refractivity contribution < 1.29 is 10.4 Å². The lowest BCUT2D eigenvalue weighted by atomic mass is 10.1. The molecule has 1 aromatic rings. The van der Waals surface area contributed by atoms with E-state index in [1.54, 1.807) is 0 Å². The van der Waals surface area contributed by atoms with E-state index in [1.807, 2.05) is 12.1 Å². The first-order chi connectivity index (χ1) is 8.66. The standard InChI is InChI=1S/C12H16N4O2/c13-11-3-4-12(14-5-1-2-6-14)10-8-16(18)15(17)7-9(10)11/h3-4,7-8,17-18H,1-2,5-6,13H2. The Bertz CT molecular complexity index is 580. The summed E-state index contributed by atoms with van der Waals surface area (Å²) in [7, 11) is 0. The molecule has 0 radical (unpaired) electrons. The molecule has 0 unspecified atom stereocenters. The Morgan fingerprint density at radius 1 is 0.944 bits per heavy atom. The predicted molar refractivity (Wildman–Crippen MR) is 67.7 cm³/mol. The Balaban J connectivity index is 2.22. The van der Waals surface area contributed by atoms with Gasteiger partial charge in [-0.05, 0) is 25.0 Å². The van der Waals surface area contributed by atoms with Crippen molar-refractivity contribution >= 4 is 23.8 Å². The number of rotatable bonds is 1. The molecule has 6 heteroatoms. The third kappa shape index (κ3) is 1.66. The molecule has 2 aliphatic rings. The van der Waals surface area contributed by atoms with Crippen LogP contribution in [0.25, 0.3) is 12.4 Å². The summed E-state index contributed by atoms with van der Waals surface area (Å²) >= 11 is 0. The number of hydrogen-bond acceptors (Lipinski definition) is 6. The average Bonchev–Trinajstić information content (AvgIpc) is 2.86. The maximum atomic E-state index is 9.55. The number of hydrazine groups is 1. The lowest BCUT2D eigenvalue weighted by Gasteiger charge is -2.26. The molecule has 2 heterocycles. The number of nitrogens with two attached hydrogens (primary N) is 1. The molecule has 6 nitrogen and oxygen atoms in total. The molecule has 0 spiro atoms. The van der Waals surface area contributed by atoms with Crippen molar-refractivity contribution in [2.45, 2.75) is 12.8 Å². The Kier molecular flexibility index (Phi) is 2.53. The van der Waals surface area contributed by atoms with Crippen LogP contribution in [0.2, 0.25) is 0 Å². The summed E-state index contributed by atoms with van der Waals surface area (Å²) in [5, 5.41) is 21.8. The second kappa shape index (κ2) is 4.08. The number of hydrogen-bond donors (Lipinski definition) is 3. The van der Waals surface area contributed by atoms with E-state index in [0.29, 0.717) is 16.0 Å². The molecule has 1 fully saturated rings. The van der Waals surface area contributed by atoms with Crippen LogP contribution in [-0.2, 0) is 0 Å². The van der Waals surface area contributed by atoms with Gasteiger partial charge in [0.25, 0.3) is 0 Å². The third-order valence-electron chi connectivity index (χ3n) is 3.44. The Morgan fingerprint density at radius 2 is 1.56 bits per heavy atom. The second-order valence-corrected chi connectivity index (χ2v) is 4.59. The zero-order valence-electron chi connectivity index (χ0n) is 9.95. The lowest BCUT2D eigenvalue weighted by molar-refractivity contribution is -0.287. The lowest BCUT2D eigenvalue weighted by Crippen LogP contribution is -2.45. The first-order valence-electron chi connectivity index (χ1n) is 6.00. The SMILES string of the molecule is Nc1ccc(N2CCCC2)c2c1=CN(O)N(O)C=2. The van der Waals surface area contributed by atoms with Gasteiger partial charge in [-0.15, -0.1) is 10.3 Å². The molecular formula is C12H16N4O2. The summed E-state index contributed by atoms with van der Waals surface area (Å²) in [5.41, 5.74) is 7.53. The van der Waals surface area contributed by atoms with E-state index in [1.165, 1.54) is 25.2 Å². The Morgan fingerprint density at radius 3 is 2.22 bits per heavy atom. The van der Waals surface area contributed by atoms with E-state index in [0.717, 1.165) is 29.2 Å². The average molecular weight is 248 g/mol. The summed E-state index contributed by atoms with van der Waals surface area (Å²) < 4.78 is 0. The molecule has 0 aromatic heterocycles. The van der Waals surface area contributed by atoms with Crippen LogP contribution >= 0.6 is 0 Å². The highest BCUT2D eigenvalue weighted by Crippen LogP contribution is 2.16. The molecule has 0 saturated carbocycles. The fourth-order valence-electron chi connectivity index (χ4n) is 2.50. The van der Waals surface area contributed by atoms with Gasteiger partial charge in [-0.3, -0.25) is 10.4 Å². The third-order valence-corrected chi connectivity index (χ3v) is 3.44. The minimum Gasteiger partial charge on any atom is -0.398 e. The van der Waals surface area contributed by atoms with Crippen LogP contribution in [0.3, 0.4) is 0 Å². The van der Waals surface area contributed by atoms with Crippen LogP contribution < -0.4 is 21.1 Å². The normalized spacial score (nSPS) is 18.4. The smallest absolute Gasteiger partial charge is 0.0642 e. The van der Waals surface area contributed by atoms with Crippen molar-refractivity contribution in [3.63, 3.8) is 0 Å². The summed E-state index contributed by atoms with van der Waals surface area (Å²) in [4.78, 5) is 2.27. The van der Waals surface area contributed by atoms with Gasteiger partial charge in [0.15, 0.2) is 0 Å². The number of fused-ring (bicyclic) bond motifs is 1. The van der Waals surface area contributed by atoms with Crippen LogP contribution in [0.4, 0.5) is 11.4 Å². The highest BCUT2D eigenvalue weighted by Gasteiger charge is 2.17. The highest BCUT2D eigenvalue weighted by atomic mass is 16.7. The molecule has 0 atom stereocenters. The molecule has 2 aliphatic heterocycles. The van der Waals surface area contributed by atoms with Gasteiger partial charge in [0, 0.05) is 34.9 Å². The van der Waals surface area contributed by atoms with Crippen LogP contribution in [0.1, 0.15) is 12.8 Å². The minimum atomic E-state index is 0.580. The van der Waals surface area contributed by atoms with E-state index in [4.69, 9.17) is 5.73 Å². The van der Waals surface area contributed by atoms with Gasteiger partial charge in [0.2, 0.25) is 0 Å². The first-order valence-corrected chi connectivity index (χ1v) is 6.00. The number of nitrogen functional groups attached to an aromatic ring is 1. The Labute approximate surface area is 104 Å².